The number of nitrogens with zero attached hydrogens (tertiary/aromatic N) is 3. The van der Waals surface area contributed by atoms with Gasteiger partial charge in [-0.05, 0) is 31.9 Å². The van der Waals surface area contributed by atoms with E-state index < -0.39 is 17.3 Å². The first-order chi connectivity index (χ1) is 11.5. The largest absolute Gasteiger partial charge is 0.477 e. The smallest absolute Gasteiger partial charge is 0.342 e. The second-order valence-electron chi connectivity index (χ2n) is 5.51. The molecule has 24 heavy (non-hydrogen) atoms. The molecule has 1 aromatic carbocycles. The molecule has 0 amide bonds. The number of carboxylic acids is 1. The van der Waals surface area contributed by atoms with Crippen LogP contribution in [0.1, 0.15) is 42.0 Å². The molecule has 3 rings (SSSR count). The number of anilines is 1. The number of aromatic nitrogens is 2. The van der Waals surface area contributed by atoms with Gasteiger partial charge in [0.15, 0.2) is 5.82 Å². The quantitative estimate of drug-likeness (QED) is 0.842. The maximum absolute atomic E-state index is 13.6. The molecule has 2 heterocycles. The summed E-state index contributed by atoms with van der Waals surface area (Å²) < 4.78 is 15.0. The van der Waals surface area contributed by atoms with Crippen LogP contribution in [-0.2, 0) is 0 Å². The minimum Gasteiger partial charge on any atom is -0.477 e. The number of hydrazone groups is 1. The molecule has 7 nitrogen and oxygen atoms in total. The molecule has 0 radical (unpaired) electrons. The maximum Gasteiger partial charge on any atom is 0.342 e. The summed E-state index contributed by atoms with van der Waals surface area (Å²) in [4.78, 5) is 27.5. The van der Waals surface area contributed by atoms with Crippen molar-refractivity contribution in [3.8, 4) is 0 Å². The highest BCUT2D eigenvalue weighted by molar-refractivity contribution is 5.99. The number of fused-ring (bicyclic) bond motifs is 1. The van der Waals surface area contributed by atoms with Crippen LogP contribution in [0.15, 0.2) is 40.4 Å². The molecule has 0 fully saturated rings. The Bertz CT molecular complexity index is 891. The number of benzene rings is 1. The van der Waals surface area contributed by atoms with Gasteiger partial charge in [-0.2, -0.15) is 5.10 Å². The van der Waals surface area contributed by atoms with E-state index in [9.17, 15) is 14.0 Å². The van der Waals surface area contributed by atoms with Crippen LogP contribution in [0.25, 0.3) is 0 Å². The lowest BCUT2D eigenvalue weighted by Gasteiger charge is -2.25. The van der Waals surface area contributed by atoms with E-state index in [0.29, 0.717) is 24.4 Å². The molecule has 0 bridgehead atoms. The fraction of sp³-hybridized carbons (Fsp3) is 0.250. The molecular formula is C16H15FN4O3. The highest BCUT2D eigenvalue weighted by Crippen LogP contribution is 2.22. The third-order valence-electron chi connectivity index (χ3n) is 3.91. The SMILES string of the molecule is CC1CC/C(=N\Nc2ccccc2F)c2ncc(C(=O)O)c(=O)n21. The van der Waals surface area contributed by atoms with Gasteiger partial charge in [-0.15, -0.1) is 0 Å². The number of halogens is 1. The van der Waals surface area contributed by atoms with Crippen LogP contribution in [0.2, 0.25) is 0 Å². The summed E-state index contributed by atoms with van der Waals surface area (Å²) in [5.74, 6) is -1.46. The number of hydrogen-bond acceptors (Lipinski definition) is 5. The van der Waals surface area contributed by atoms with Gasteiger partial charge < -0.3 is 5.11 Å². The van der Waals surface area contributed by atoms with Crippen molar-refractivity contribution < 1.29 is 14.3 Å². The topological polar surface area (TPSA) is 96.6 Å². The van der Waals surface area contributed by atoms with Crippen LogP contribution in [-0.4, -0.2) is 26.3 Å². The van der Waals surface area contributed by atoms with Crippen LogP contribution in [0, 0.1) is 5.82 Å². The lowest BCUT2D eigenvalue weighted by Crippen LogP contribution is -2.37. The van der Waals surface area contributed by atoms with Gasteiger partial charge in [0.05, 0.1) is 5.69 Å². The Labute approximate surface area is 136 Å². The summed E-state index contributed by atoms with van der Waals surface area (Å²) in [7, 11) is 0. The summed E-state index contributed by atoms with van der Waals surface area (Å²) in [6, 6.07) is 5.90. The number of aromatic carboxylic acids is 1. The third-order valence-corrected chi connectivity index (χ3v) is 3.91. The van der Waals surface area contributed by atoms with E-state index in [1.807, 2.05) is 6.92 Å². The monoisotopic (exact) mass is 330 g/mol. The zero-order chi connectivity index (χ0) is 17.3. The summed E-state index contributed by atoms with van der Waals surface area (Å²) >= 11 is 0. The zero-order valence-corrected chi connectivity index (χ0v) is 12.9. The summed E-state index contributed by atoms with van der Waals surface area (Å²) in [6.45, 7) is 1.82. The number of rotatable bonds is 3. The molecule has 8 heteroatoms. The molecule has 1 atom stereocenters. The Kier molecular flexibility index (Phi) is 4.11. The van der Waals surface area contributed by atoms with Gasteiger partial charge in [-0.25, -0.2) is 14.2 Å². The van der Waals surface area contributed by atoms with E-state index in [0.717, 1.165) is 6.20 Å². The predicted octanol–water partition coefficient (Wildman–Crippen LogP) is 2.25. The second-order valence-corrected chi connectivity index (χ2v) is 5.51. The van der Waals surface area contributed by atoms with Gasteiger partial charge in [0.1, 0.15) is 17.1 Å². The highest BCUT2D eigenvalue weighted by Gasteiger charge is 2.26. The van der Waals surface area contributed by atoms with Gasteiger partial charge in [-0.3, -0.25) is 14.8 Å². The number of carboxylic acid groups (broad SMARTS) is 1. The zero-order valence-electron chi connectivity index (χ0n) is 12.9. The van der Waals surface area contributed by atoms with Crippen molar-refractivity contribution in [3.63, 3.8) is 0 Å². The fourth-order valence-corrected chi connectivity index (χ4v) is 2.61. The summed E-state index contributed by atoms with van der Waals surface area (Å²) in [6.07, 6.45) is 2.18. The van der Waals surface area contributed by atoms with Crippen molar-refractivity contribution >= 4 is 17.4 Å². The van der Waals surface area contributed by atoms with Gasteiger partial charge in [0.2, 0.25) is 0 Å². The molecule has 1 aliphatic heterocycles. The maximum atomic E-state index is 13.6. The van der Waals surface area contributed by atoms with Crippen LogP contribution in [0.4, 0.5) is 10.1 Å². The average molecular weight is 330 g/mol. The Morgan fingerprint density at radius 1 is 1.46 bits per heavy atom. The number of carbonyl (C=O) groups is 1. The number of para-hydroxylation sites is 1. The molecular weight excluding hydrogens is 315 g/mol. The minimum atomic E-state index is -1.32. The molecule has 0 spiro atoms. The van der Waals surface area contributed by atoms with Crippen molar-refractivity contribution in [2.75, 3.05) is 5.43 Å². The Hall–Kier alpha value is -3.03. The van der Waals surface area contributed by atoms with Crippen molar-refractivity contribution in [2.24, 2.45) is 5.10 Å². The summed E-state index contributed by atoms with van der Waals surface area (Å²) in [5, 5.41) is 13.2. The van der Waals surface area contributed by atoms with Gasteiger partial charge in [0.25, 0.3) is 5.56 Å². The number of hydrogen-bond donors (Lipinski definition) is 2. The lowest BCUT2D eigenvalue weighted by atomic mass is 10.0. The third kappa shape index (κ3) is 2.78. The standard InChI is InChI=1S/C16H15FN4O3/c1-9-6-7-13(20-19-12-5-3-2-4-11(12)17)14-18-8-10(16(23)24)15(22)21(9)14/h2-5,8-9,19H,6-7H2,1H3,(H,23,24)/b20-13+. The first-order valence-electron chi connectivity index (χ1n) is 7.41. The van der Waals surface area contributed by atoms with E-state index in [1.54, 1.807) is 18.2 Å². The molecule has 1 unspecified atom stereocenters. The van der Waals surface area contributed by atoms with Crippen LogP contribution >= 0.6 is 0 Å². The fourth-order valence-electron chi connectivity index (χ4n) is 2.61. The Morgan fingerprint density at radius 2 is 2.21 bits per heavy atom. The molecule has 1 aliphatic rings. The van der Waals surface area contributed by atoms with E-state index in [1.165, 1.54) is 10.6 Å². The van der Waals surface area contributed by atoms with E-state index >= 15 is 0 Å². The van der Waals surface area contributed by atoms with Crippen molar-refractivity contribution in [2.45, 2.75) is 25.8 Å². The first kappa shape index (κ1) is 15.9. The van der Waals surface area contributed by atoms with Crippen molar-refractivity contribution in [3.05, 3.63) is 58.0 Å². The van der Waals surface area contributed by atoms with Gasteiger partial charge >= 0.3 is 5.97 Å². The van der Waals surface area contributed by atoms with Crippen LogP contribution in [0.3, 0.4) is 0 Å². The summed E-state index contributed by atoms with van der Waals surface area (Å²) in [5.41, 5.74) is 2.33. The minimum absolute atomic E-state index is 0.188. The van der Waals surface area contributed by atoms with E-state index in [2.05, 4.69) is 15.5 Å². The van der Waals surface area contributed by atoms with E-state index in [4.69, 9.17) is 5.11 Å². The Balaban J connectivity index is 2.02. The molecule has 0 saturated carbocycles. The predicted molar refractivity (Wildman–Crippen MR) is 86.0 cm³/mol. The van der Waals surface area contributed by atoms with Gasteiger partial charge in [0, 0.05) is 12.2 Å². The first-order valence-corrected chi connectivity index (χ1v) is 7.41. The van der Waals surface area contributed by atoms with E-state index in [-0.39, 0.29) is 17.3 Å². The lowest BCUT2D eigenvalue weighted by molar-refractivity contribution is 0.0693. The molecule has 2 N–H and O–H groups in total. The second kappa shape index (κ2) is 6.23. The average Bonchev–Trinajstić information content (AvgIpc) is 2.55. The molecule has 2 aromatic rings. The van der Waals surface area contributed by atoms with Crippen molar-refractivity contribution in [1.82, 2.24) is 9.55 Å². The molecule has 1 aromatic heterocycles. The van der Waals surface area contributed by atoms with Crippen LogP contribution in [0.5, 0.6) is 0 Å². The molecule has 124 valence electrons. The van der Waals surface area contributed by atoms with Crippen LogP contribution < -0.4 is 11.0 Å². The van der Waals surface area contributed by atoms with Crippen molar-refractivity contribution in [1.29, 1.82) is 0 Å². The molecule has 0 saturated heterocycles. The molecule has 0 aliphatic carbocycles. The Morgan fingerprint density at radius 3 is 2.92 bits per heavy atom. The van der Waals surface area contributed by atoms with Gasteiger partial charge in [-0.1, -0.05) is 12.1 Å². The number of nitrogens with one attached hydrogen (secondary N) is 1. The normalized spacial score (nSPS) is 18.2. The highest BCUT2D eigenvalue weighted by atomic mass is 19.1.